The number of hydrogen-bond acceptors (Lipinski definition) is 10. The highest BCUT2D eigenvalue weighted by molar-refractivity contribution is 5.94. The first-order chi connectivity index (χ1) is 26.1. The lowest BCUT2D eigenvalue weighted by Crippen LogP contribution is -2.47. The van der Waals surface area contributed by atoms with E-state index in [1.807, 2.05) is 34.6 Å². The van der Waals surface area contributed by atoms with E-state index in [2.05, 4.69) is 15.4 Å². The van der Waals surface area contributed by atoms with Crippen molar-refractivity contribution in [3.63, 3.8) is 0 Å². The van der Waals surface area contributed by atoms with Crippen molar-refractivity contribution in [2.24, 2.45) is 5.92 Å². The number of halogens is 3. The first-order valence-electron chi connectivity index (χ1n) is 17.9. The number of pyridine rings is 1. The number of nitrogens with one attached hydrogen (secondary N) is 1. The zero-order valence-electron chi connectivity index (χ0n) is 29.8. The Labute approximate surface area is 307 Å². The third-order valence-corrected chi connectivity index (χ3v) is 10.6. The Kier molecular flexibility index (Phi) is 8.45. The van der Waals surface area contributed by atoms with Crippen molar-refractivity contribution >= 4 is 39.6 Å². The molecule has 3 aliphatic heterocycles. The monoisotopic (exact) mass is 738 g/mol. The summed E-state index contributed by atoms with van der Waals surface area (Å²) in [6.45, 7) is 3.96. The van der Waals surface area contributed by atoms with Crippen molar-refractivity contribution < 1.29 is 27.4 Å². The van der Waals surface area contributed by atoms with Crippen LogP contribution in [-0.4, -0.2) is 104 Å². The van der Waals surface area contributed by atoms with Gasteiger partial charge in [-0.3, -0.25) is 4.79 Å². The van der Waals surface area contributed by atoms with Crippen molar-refractivity contribution in [2.75, 3.05) is 50.7 Å². The van der Waals surface area contributed by atoms with Crippen LogP contribution in [0.25, 0.3) is 39.0 Å². The molecule has 0 aliphatic carbocycles. The van der Waals surface area contributed by atoms with Crippen LogP contribution in [0.5, 0.6) is 0 Å². The number of aromatic nitrogens is 7. The average molecular weight is 739 g/mol. The molecule has 1 N–H and O–H groups in total. The second-order valence-electron chi connectivity index (χ2n) is 14.3. The molecule has 1 amide bonds. The van der Waals surface area contributed by atoms with Crippen LogP contribution in [0.1, 0.15) is 18.1 Å². The smallest absolute Gasteiger partial charge is 0.245 e. The highest BCUT2D eigenvalue weighted by atomic mass is 19.1. The van der Waals surface area contributed by atoms with Crippen molar-refractivity contribution in [3.05, 3.63) is 83.8 Å². The van der Waals surface area contributed by atoms with E-state index in [9.17, 15) is 9.18 Å². The van der Waals surface area contributed by atoms with Gasteiger partial charge in [0.1, 0.15) is 46.6 Å². The van der Waals surface area contributed by atoms with Gasteiger partial charge in [0, 0.05) is 63.3 Å². The number of carbonyl (C=O) groups excluding carboxylic acids is 1. The van der Waals surface area contributed by atoms with Crippen LogP contribution in [0.15, 0.2) is 54.7 Å². The molecule has 3 aliphatic rings. The van der Waals surface area contributed by atoms with E-state index in [1.165, 1.54) is 28.9 Å². The van der Waals surface area contributed by atoms with Gasteiger partial charge in [0.25, 0.3) is 0 Å². The summed E-state index contributed by atoms with van der Waals surface area (Å²) in [6, 6.07) is 10.8. The summed E-state index contributed by atoms with van der Waals surface area (Å²) < 4.78 is 58.8. The predicted molar refractivity (Wildman–Crippen MR) is 194 cm³/mol. The summed E-state index contributed by atoms with van der Waals surface area (Å²) >= 11 is 0. The molecule has 0 radical (unpaired) electrons. The minimum Gasteiger partial charge on any atom is -0.381 e. The van der Waals surface area contributed by atoms with Gasteiger partial charge in [0.2, 0.25) is 5.91 Å². The second-order valence-corrected chi connectivity index (χ2v) is 14.3. The fourth-order valence-corrected chi connectivity index (χ4v) is 7.85. The van der Waals surface area contributed by atoms with Gasteiger partial charge in [-0.25, -0.2) is 37.8 Å². The lowest BCUT2D eigenvalue weighted by atomic mass is 10.0. The number of likely N-dealkylation sites (N-methyl/N-ethyl adjacent to an activating group) is 1. The van der Waals surface area contributed by atoms with Crippen LogP contribution < -0.4 is 10.2 Å². The first-order valence-corrected chi connectivity index (χ1v) is 17.9. The summed E-state index contributed by atoms with van der Waals surface area (Å²) in [4.78, 5) is 37.7. The van der Waals surface area contributed by atoms with E-state index >= 15 is 8.78 Å². The van der Waals surface area contributed by atoms with E-state index in [0.717, 1.165) is 11.6 Å². The van der Waals surface area contributed by atoms with Gasteiger partial charge in [-0.1, -0.05) is 6.07 Å². The van der Waals surface area contributed by atoms with Crippen LogP contribution in [-0.2, 0) is 27.2 Å². The third kappa shape index (κ3) is 5.98. The number of benzene rings is 2. The molecule has 16 heteroatoms. The molecule has 0 spiro atoms. The number of aryl methyl sites for hydroxylation is 1. The molecular formula is C38H37F3N10O3. The average Bonchev–Trinajstić information content (AvgIpc) is 3.83. The van der Waals surface area contributed by atoms with Crippen molar-refractivity contribution in [1.82, 2.24) is 39.2 Å². The Morgan fingerprint density at radius 2 is 1.83 bits per heavy atom. The number of nitrogens with zero attached hydrogens (tertiary/aromatic N) is 9. The van der Waals surface area contributed by atoms with E-state index in [1.54, 1.807) is 25.3 Å². The van der Waals surface area contributed by atoms with Crippen molar-refractivity contribution in [3.8, 4) is 16.9 Å². The van der Waals surface area contributed by atoms with Crippen LogP contribution in [0, 0.1) is 30.3 Å². The molecule has 9 rings (SSSR count). The molecule has 4 aromatic heterocycles. The minimum atomic E-state index is -0.790. The molecule has 0 saturated carbocycles. The van der Waals surface area contributed by atoms with E-state index < -0.39 is 29.6 Å². The van der Waals surface area contributed by atoms with Gasteiger partial charge in [-0.2, -0.15) is 5.10 Å². The molecule has 13 nitrogen and oxygen atoms in total. The quantitative estimate of drug-likeness (QED) is 0.266. The SMILES string of the molecule is CO[C@H]1CN(C)C(=O)[C@@H]2C[C@@H](CN2c2nc(CC3COC3)nc3c2cnn3-c2ccc(F)cc2F)Nc2cccc(n2)-c2cc(F)cc3nc(C)n(c23)C1. The lowest BCUT2D eigenvalue weighted by Gasteiger charge is -2.31. The Hall–Kier alpha value is -5.61. The normalized spacial score (nSPS) is 20.6. The van der Waals surface area contributed by atoms with E-state index in [4.69, 9.17) is 24.4 Å². The van der Waals surface area contributed by atoms with Gasteiger partial charge >= 0.3 is 0 Å². The van der Waals surface area contributed by atoms with Gasteiger partial charge in [-0.05, 0) is 43.7 Å². The summed E-state index contributed by atoms with van der Waals surface area (Å²) in [5.41, 5.74) is 2.77. The van der Waals surface area contributed by atoms with Crippen LogP contribution in [0.4, 0.5) is 24.8 Å². The van der Waals surface area contributed by atoms with Crippen LogP contribution in [0.2, 0.25) is 0 Å². The van der Waals surface area contributed by atoms with Crippen molar-refractivity contribution in [1.29, 1.82) is 0 Å². The van der Waals surface area contributed by atoms with Gasteiger partial charge < -0.3 is 29.2 Å². The summed E-state index contributed by atoms with van der Waals surface area (Å²) in [7, 11) is 3.36. The van der Waals surface area contributed by atoms with Crippen LogP contribution >= 0.6 is 0 Å². The Balaban J connectivity index is 1.16. The van der Waals surface area contributed by atoms with Crippen LogP contribution in [0.3, 0.4) is 0 Å². The zero-order chi connectivity index (χ0) is 37.2. The number of anilines is 2. The van der Waals surface area contributed by atoms with E-state index in [-0.39, 0.29) is 30.1 Å². The Morgan fingerprint density at radius 1 is 0.981 bits per heavy atom. The summed E-state index contributed by atoms with van der Waals surface area (Å²) in [6.07, 6.45) is 2.02. The number of imidazole rings is 1. The highest BCUT2D eigenvalue weighted by Crippen LogP contribution is 2.36. The maximum atomic E-state index is 15.2. The predicted octanol–water partition coefficient (Wildman–Crippen LogP) is 4.69. The number of amides is 1. The standard InChI is InChI=1S/C38H37F3N10O3/c1-20-43-30-12-23(40)10-26-29-5-4-6-33(45-29)44-24-13-32(38(52)48(2)16-25(53-3)17-49(20)35(26)30)50(15-24)36-27-14-42-51(31-8-7-22(39)11-28(31)41)37(27)47-34(46-36)9-21-18-54-19-21/h4-8,10-12,14,21,24-25,32H,9,13,15-19H2,1-3H3,(H,44,45)/t24-,25-,32-/m0/s1. The fraction of sp³-hybridized carbons (Fsp3) is 0.368. The van der Waals surface area contributed by atoms with Gasteiger partial charge in [0.05, 0.1) is 54.2 Å². The Morgan fingerprint density at radius 3 is 2.61 bits per heavy atom. The van der Waals surface area contributed by atoms with E-state index in [0.29, 0.717) is 90.2 Å². The third-order valence-electron chi connectivity index (χ3n) is 10.6. The molecular weight excluding hydrogens is 701 g/mol. The fourth-order valence-electron chi connectivity index (χ4n) is 7.85. The molecule has 0 unspecified atom stereocenters. The topological polar surface area (TPSA) is 128 Å². The molecule has 2 saturated heterocycles. The summed E-state index contributed by atoms with van der Waals surface area (Å²) in [5.74, 6) is 0.342. The molecule has 2 fully saturated rings. The second kappa shape index (κ2) is 13.4. The summed E-state index contributed by atoms with van der Waals surface area (Å²) in [5, 5.41) is 8.54. The van der Waals surface area contributed by atoms with Gasteiger partial charge in [0.15, 0.2) is 11.5 Å². The largest absolute Gasteiger partial charge is 0.381 e. The Bertz CT molecular complexity index is 2430. The number of methoxy groups -OCH3 is 1. The molecule has 278 valence electrons. The minimum absolute atomic E-state index is 0.0344. The molecule has 4 bridgehead atoms. The maximum Gasteiger partial charge on any atom is 0.245 e. The molecule has 54 heavy (non-hydrogen) atoms. The molecule has 2 aromatic carbocycles. The highest BCUT2D eigenvalue weighted by Gasteiger charge is 2.41. The number of ether oxygens (including phenoxy) is 2. The molecule has 3 atom stereocenters. The number of hydrogen-bond donors (Lipinski definition) is 1. The first kappa shape index (κ1) is 34.2. The molecule has 7 heterocycles. The molecule has 6 aromatic rings. The number of rotatable bonds is 5. The number of fused-ring (bicyclic) bond motifs is 6. The maximum absolute atomic E-state index is 15.2. The van der Waals surface area contributed by atoms with Gasteiger partial charge in [-0.15, -0.1) is 0 Å². The van der Waals surface area contributed by atoms with Crippen molar-refractivity contribution in [2.45, 2.75) is 44.5 Å². The zero-order valence-corrected chi connectivity index (χ0v) is 29.8. The number of carbonyl (C=O) groups is 1. The lowest BCUT2D eigenvalue weighted by molar-refractivity contribution is -0.132.